The molecule has 0 spiro atoms. The van der Waals surface area contributed by atoms with Crippen molar-refractivity contribution >= 4 is 19.7 Å². The van der Waals surface area contributed by atoms with Crippen LogP contribution in [0.3, 0.4) is 0 Å². The largest absolute Gasteiger partial charge is 0.496 e. The lowest BCUT2D eigenvalue weighted by Gasteiger charge is -2.10. The standard InChI is InChI=1S/C16H15O4P/c1-20-14-5-3-2-4-13(14)11-6-8-15(21-19)12(10-11)7-9-16(17)18/h2-6,8,10H,7,9H2,1H3,(H,17,18). The number of aryl methyl sites for hydroxylation is 1. The number of methoxy groups -OCH3 is 1. The summed E-state index contributed by atoms with van der Waals surface area (Å²) in [5.74, 6) is -0.125. The van der Waals surface area contributed by atoms with Crippen LogP contribution in [0.25, 0.3) is 11.1 Å². The highest BCUT2D eigenvalue weighted by atomic mass is 31.1. The Hall–Kier alpha value is -2.19. The topological polar surface area (TPSA) is 63.6 Å². The quantitative estimate of drug-likeness (QED) is 0.832. The summed E-state index contributed by atoms with van der Waals surface area (Å²) >= 11 is 0. The molecule has 0 saturated carbocycles. The molecular weight excluding hydrogens is 287 g/mol. The van der Waals surface area contributed by atoms with Crippen molar-refractivity contribution in [2.24, 2.45) is 0 Å². The molecule has 0 bridgehead atoms. The molecule has 5 heteroatoms. The first-order valence-electron chi connectivity index (χ1n) is 6.47. The van der Waals surface area contributed by atoms with Gasteiger partial charge in [0.1, 0.15) is 5.75 Å². The second-order valence-corrected chi connectivity index (χ2v) is 5.19. The Kier molecular flexibility index (Phi) is 5.07. The van der Waals surface area contributed by atoms with Crippen molar-refractivity contribution in [2.45, 2.75) is 12.8 Å². The number of rotatable bonds is 6. The van der Waals surface area contributed by atoms with Crippen LogP contribution >= 0.6 is 8.46 Å². The predicted molar refractivity (Wildman–Crippen MR) is 81.6 cm³/mol. The number of benzene rings is 2. The zero-order chi connectivity index (χ0) is 15.2. The number of hydrogen-bond acceptors (Lipinski definition) is 3. The van der Waals surface area contributed by atoms with Crippen LogP contribution in [0.2, 0.25) is 0 Å². The van der Waals surface area contributed by atoms with Gasteiger partial charge in [0.2, 0.25) is 0 Å². The average Bonchev–Trinajstić information content (AvgIpc) is 2.52. The second kappa shape index (κ2) is 7.00. The van der Waals surface area contributed by atoms with E-state index < -0.39 is 5.97 Å². The minimum Gasteiger partial charge on any atom is -0.496 e. The summed E-state index contributed by atoms with van der Waals surface area (Å²) in [5, 5.41) is 9.43. The number of ether oxygens (including phenoxy) is 1. The van der Waals surface area contributed by atoms with E-state index in [1.807, 2.05) is 36.4 Å². The van der Waals surface area contributed by atoms with Gasteiger partial charge in [0.25, 0.3) is 0 Å². The molecule has 2 rings (SSSR count). The number of carboxylic acids is 1. The molecule has 0 unspecified atom stereocenters. The van der Waals surface area contributed by atoms with Crippen LogP contribution in [0.4, 0.5) is 0 Å². The highest BCUT2D eigenvalue weighted by Crippen LogP contribution is 2.30. The van der Waals surface area contributed by atoms with E-state index in [9.17, 15) is 9.36 Å². The fraction of sp³-hybridized carbons (Fsp3) is 0.188. The van der Waals surface area contributed by atoms with E-state index in [2.05, 4.69) is 0 Å². The fourth-order valence-corrected chi connectivity index (χ4v) is 2.60. The normalized spacial score (nSPS) is 10.5. The lowest BCUT2D eigenvalue weighted by Crippen LogP contribution is -2.06. The van der Waals surface area contributed by atoms with Crippen LogP contribution in [0.15, 0.2) is 42.5 Å². The molecule has 21 heavy (non-hydrogen) atoms. The molecule has 1 N–H and O–H groups in total. The van der Waals surface area contributed by atoms with Crippen LogP contribution in [0.5, 0.6) is 5.75 Å². The minimum absolute atomic E-state index is 0.0118. The van der Waals surface area contributed by atoms with Gasteiger partial charge in [-0.1, -0.05) is 24.3 Å². The molecule has 4 nitrogen and oxygen atoms in total. The molecule has 0 aliphatic heterocycles. The molecule has 0 amide bonds. The van der Waals surface area contributed by atoms with Crippen molar-refractivity contribution in [3.63, 3.8) is 0 Å². The van der Waals surface area contributed by atoms with Gasteiger partial charge in [-0.25, -0.2) is 0 Å². The number of hydrogen-bond donors (Lipinski definition) is 1. The summed E-state index contributed by atoms with van der Waals surface area (Å²) in [7, 11) is 1.50. The Labute approximate surface area is 124 Å². The van der Waals surface area contributed by atoms with Crippen molar-refractivity contribution in [1.82, 2.24) is 0 Å². The molecule has 2 aromatic rings. The predicted octanol–water partition coefficient (Wildman–Crippen LogP) is 3.30. The van der Waals surface area contributed by atoms with Gasteiger partial charge >= 0.3 is 5.97 Å². The lowest BCUT2D eigenvalue weighted by molar-refractivity contribution is -0.136. The minimum atomic E-state index is -0.869. The molecule has 0 aromatic heterocycles. The monoisotopic (exact) mass is 302 g/mol. The van der Waals surface area contributed by atoms with Gasteiger partial charge < -0.3 is 9.84 Å². The zero-order valence-corrected chi connectivity index (χ0v) is 12.5. The average molecular weight is 302 g/mol. The molecule has 0 aliphatic carbocycles. The summed E-state index contributed by atoms with van der Waals surface area (Å²) < 4.78 is 16.5. The van der Waals surface area contributed by atoms with Crippen molar-refractivity contribution in [3.05, 3.63) is 48.0 Å². The summed E-state index contributed by atoms with van der Waals surface area (Å²) in [5.41, 5.74) is 2.61. The maximum atomic E-state index is 11.2. The maximum Gasteiger partial charge on any atom is 0.303 e. The fourth-order valence-electron chi connectivity index (χ4n) is 2.17. The van der Waals surface area contributed by atoms with Gasteiger partial charge in [-0.05, 0) is 35.7 Å². The summed E-state index contributed by atoms with van der Waals surface area (Å²) in [6.07, 6.45) is 0.362. The third kappa shape index (κ3) is 3.67. The Morgan fingerprint density at radius 3 is 2.67 bits per heavy atom. The van der Waals surface area contributed by atoms with E-state index in [4.69, 9.17) is 9.84 Å². The summed E-state index contributed by atoms with van der Waals surface area (Å²) in [4.78, 5) is 10.7. The van der Waals surface area contributed by atoms with E-state index in [-0.39, 0.29) is 14.9 Å². The van der Waals surface area contributed by atoms with E-state index in [1.165, 1.54) is 0 Å². The molecular formula is C16H15O4P. The summed E-state index contributed by atoms with van der Waals surface area (Å²) in [6.45, 7) is 0. The van der Waals surface area contributed by atoms with Crippen molar-refractivity contribution in [3.8, 4) is 16.9 Å². The van der Waals surface area contributed by atoms with Gasteiger partial charge in [-0.3, -0.25) is 9.36 Å². The molecule has 0 aliphatic rings. The maximum absolute atomic E-state index is 11.2. The van der Waals surface area contributed by atoms with Crippen LogP contribution in [0, 0.1) is 0 Å². The van der Waals surface area contributed by atoms with Gasteiger partial charge in [-0.2, -0.15) is 0 Å². The van der Waals surface area contributed by atoms with Crippen LogP contribution in [-0.4, -0.2) is 18.2 Å². The Morgan fingerprint density at radius 1 is 1.24 bits per heavy atom. The number of aliphatic carboxylic acids is 1. The third-order valence-electron chi connectivity index (χ3n) is 3.20. The molecule has 0 heterocycles. The van der Waals surface area contributed by atoms with Gasteiger partial charge in [0.15, 0.2) is 8.46 Å². The van der Waals surface area contributed by atoms with Crippen LogP contribution in [0.1, 0.15) is 12.0 Å². The Balaban J connectivity index is 2.43. The van der Waals surface area contributed by atoms with E-state index in [0.29, 0.717) is 11.7 Å². The second-order valence-electron chi connectivity index (χ2n) is 4.53. The SMILES string of the molecule is COc1ccccc1-c1ccc(P=O)c(CCC(=O)O)c1. The zero-order valence-electron chi connectivity index (χ0n) is 11.6. The molecule has 0 fully saturated rings. The molecule has 2 aromatic carbocycles. The molecule has 108 valence electrons. The first-order chi connectivity index (χ1) is 10.2. The molecule has 0 radical (unpaired) electrons. The van der Waals surface area contributed by atoms with E-state index in [1.54, 1.807) is 13.2 Å². The van der Waals surface area contributed by atoms with Crippen LogP contribution in [-0.2, 0) is 15.8 Å². The number of carboxylic acid groups (broad SMARTS) is 1. The molecule has 0 saturated heterocycles. The summed E-state index contributed by atoms with van der Waals surface area (Å²) in [6, 6.07) is 13.1. The smallest absolute Gasteiger partial charge is 0.303 e. The first kappa shape index (κ1) is 15.2. The van der Waals surface area contributed by atoms with Crippen molar-refractivity contribution in [1.29, 1.82) is 0 Å². The van der Waals surface area contributed by atoms with Crippen molar-refractivity contribution in [2.75, 3.05) is 7.11 Å². The van der Waals surface area contributed by atoms with Crippen LogP contribution < -0.4 is 10.0 Å². The van der Waals surface area contributed by atoms with Gasteiger partial charge in [0, 0.05) is 17.3 Å². The Morgan fingerprint density at radius 2 is 2.00 bits per heavy atom. The highest BCUT2D eigenvalue weighted by molar-refractivity contribution is 7.34. The third-order valence-corrected chi connectivity index (χ3v) is 3.84. The van der Waals surface area contributed by atoms with Crippen molar-refractivity contribution < 1.29 is 19.2 Å². The molecule has 0 atom stereocenters. The van der Waals surface area contributed by atoms with E-state index >= 15 is 0 Å². The lowest BCUT2D eigenvalue weighted by atomic mass is 10.00. The van der Waals surface area contributed by atoms with Gasteiger partial charge in [0.05, 0.1) is 7.11 Å². The Bertz CT molecular complexity index is 667. The van der Waals surface area contributed by atoms with Gasteiger partial charge in [-0.15, -0.1) is 0 Å². The van der Waals surface area contributed by atoms with E-state index in [0.717, 1.165) is 22.4 Å². The highest BCUT2D eigenvalue weighted by Gasteiger charge is 2.10. The first-order valence-corrected chi connectivity index (χ1v) is 7.28. The number of para-hydroxylation sites is 1. The number of carbonyl (C=O) groups is 1.